The van der Waals surface area contributed by atoms with E-state index in [1.807, 2.05) is 12.1 Å². The van der Waals surface area contributed by atoms with Crippen LogP contribution in [0.2, 0.25) is 0 Å². The fraction of sp³-hybridized carbons (Fsp3) is 0.429. The Bertz CT molecular complexity index is 431. The van der Waals surface area contributed by atoms with Gasteiger partial charge in [0.1, 0.15) is 0 Å². The van der Waals surface area contributed by atoms with E-state index in [1.165, 1.54) is 0 Å². The van der Waals surface area contributed by atoms with Crippen molar-refractivity contribution >= 4 is 17.6 Å². The molecular formula is C14H20N2O4. The Morgan fingerprint density at radius 3 is 2.55 bits per heavy atom. The van der Waals surface area contributed by atoms with Crippen LogP contribution in [-0.4, -0.2) is 43.8 Å². The van der Waals surface area contributed by atoms with Crippen molar-refractivity contribution in [3.63, 3.8) is 0 Å². The lowest BCUT2D eigenvalue weighted by Gasteiger charge is -2.07. The van der Waals surface area contributed by atoms with Crippen LogP contribution < -0.4 is 10.6 Å². The van der Waals surface area contributed by atoms with E-state index >= 15 is 0 Å². The number of hydrogen-bond donors (Lipinski definition) is 3. The predicted octanol–water partition coefficient (Wildman–Crippen LogP) is 0.878. The van der Waals surface area contributed by atoms with Crippen LogP contribution in [0.3, 0.4) is 0 Å². The molecule has 0 aliphatic carbocycles. The Hall–Kier alpha value is -1.92. The lowest BCUT2D eigenvalue weighted by Crippen LogP contribution is -2.30. The Morgan fingerprint density at radius 2 is 1.95 bits per heavy atom. The van der Waals surface area contributed by atoms with Gasteiger partial charge in [0.2, 0.25) is 5.91 Å². The van der Waals surface area contributed by atoms with Gasteiger partial charge in [0.05, 0.1) is 13.2 Å². The van der Waals surface area contributed by atoms with Crippen LogP contribution in [0, 0.1) is 0 Å². The van der Waals surface area contributed by atoms with Crippen LogP contribution in [0.15, 0.2) is 24.3 Å². The summed E-state index contributed by atoms with van der Waals surface area (Å²) >= 11 is 0. The zero-order chi connectivity index (χ0) is 14.8. The molecule has 0 radical (unpaired) electrons. The van der Waals surface area contributed by atoms with Crippen molar-refractivity contribution in [1.29, 1.82) is 0 Å². The first-order valence-electron chi connectivity index (χ1n) is 6.42. The Morgan fingerprint density at radius 1 is 1.25 bits per heavy atom. The number of carbonyl (C=O) groups is 2. The van der Waals surface area contributed by atoms with Gasteiger partial charge in [-0.05, 0) is 24.1 Å². The third kappa shape index (κ3) is 6.86. The minimum atomic E-state index is -0.815. The predicted molar refractivity (Wildman–Crippen MR) is 75.8 cm³/mol. The lowest BCUT2D eigenvalue weighted by molar-refractivity contribution is -0.137. The zero-order valence-electron chi connectivity index (χ0n) is 11.5. The number of carboxylic acid groups (broad SMARTS) is 1. The zero-order valence-corrected chi connectivity index (χ0v) is 11.5. The first-order chi connectivity index (χ1) is 9.61. The minimum Gasteiger partial charge on any atom is -0.481 e. The summed E-state index contributed by atoms with van der Waals surface area (Å²) in [6, 6.07) is 7.17. The summed E-state index contributed by atoms with van der Waals surface area (Å²) in [7, 11) is 1.60. The van der Waals surface area contributed by atoms with Gasteiger partial charge in [-0.3, -0.25) is 9.59 Å². The molecule has 0 aliphatic heterocycles. The molecule has 0 aromatic heterocycles. The van der Waals surface area contributed by atoms with Crippen molar-refractivity contribution in [3.8, 4) is 0 Å². The SMILES string of the molecule is COCCNCC(=O)Nc1ccc(CCC(=O)O)cc1. The van der Waals surface area contributed by atoms with Crippen molar-refractivity contribution < 1.29 is 19.4 Å². The molecule has 0 saturated heterocycles. The summed E-state index contributed by atoms with van der Waals surface area (Å²) < 4.78 is 4.86. The third-order valence-corrected chi connectivity index (χ3v) is 2.63. The van der Waals surface area contributed by atoms with Gasteiger partial charge in [-0.1, -0.05) is 12.1 Å². The molecule has 0 saturated carbocycles. The molecule has 0 bridgehead atoms. The molecule has 110 valence electrons. The van der Waals surface area contributed by atoms with E-state index in [0.29, 0.717) is 25.3 Å². The highest BCUT2D eigenvalue weighted by molar-refractivity contribution is 5.92. The van der Waals surface area contributed by atoms with Gasteiger partial charge in [-0.15, -0.1) is 0 Å². The van der Waals surface area contributed by atoms with Crippen LogP contribution in [0.4, 0.5) is 5.69 Å². The number of rotatable bonds is 9. The van der Waals surface area contributed by atoms with Crippen LogP contribution in [0.1, 0.15) is 12.0 Å². The van der Waals surface area contributed by atoms with Crippen LogP contribution in [-0.2, 0) is 20.7 Å². The maximum atomic E-state index is 11.6. The number of amides is 1. The van der Waals surface area contributed by atoms with Crippen molar-refractivity contribution in [1.82, 2.24) is 5.32 Å². The first-order valence-corrected chi connectivity index (χ1v) is 6.42. The Labute approximate surface area is 118 Å². The van der Waals surface area contributed by atoms with Gasteiger partial charge < -0.3 is 20.5 Å². The Balaban J connectivity index is 2.33. The number of anilines is 1. The number of carboxylic acids is 1. The van der Waals surface area contributed by atoms with Gasteiger partial charge in [0.15, 0.2) is 0 Å². The molecule has 0 spiro atoms. The van der Waals surface area contributed by atoms with Crippen LogP contribution in [0.5, 0.6) is 0 Å². The van der Waals surface area contributed by atoms with E-state index in [4.69, 9.17) is 9.84 Å². The number of aryl methyl sites for hydroxylation is 1. The summed E-state index contributed by atoms with van der Waals surface area (Å²) in [6.07, 6.45) is 0.595. The molecule has 1 aromatic carbocycles. The molecule has 3 N–H and O–H groups in total. The van der Waals surface area contributed by atoms with Gasteiger partial charge >= 0.3 is 5.97 Å². The van der Waals surface area contributed by atoms with Gasteiger partial charge in [0, 0.05) is 25.8 Å². The number of carbonyl (C=O) groups excluding carboxylic acids is 1. The maximum Gasteiger partial charge on any atom is 0.303 e. The monoisotopic (exact) mass is 280 g/mol. The van der Waals surface area contributed by atoms with Crippen molar-refractivity contribution in [2.24, 2.45) is 0 Å². The van der Waals surface area contributed by atoms with E-state index in [0.717, 1.165) is 5.56 Å². The molecule has 1 aromatic rings. The Kier molecular flexibility index (Phi) is 7.31. The average molecular weight is 280 g/mol. The fourth-order valence-electron chi connectivity index (χ4n) is 1.59. The molecule has 0 atom stereocenters. The highest BCUT2D eigenvalue weighted by atomic mass is 16.5. The van der Waals surface area contributed by atoms with Gasteiger partial charge in [-0.25, -0.2) is 0 Å². The molecule has 6 nitrogen and oxygen atoms in total. The molecule has 0 fully saturated rings. The minimum absolute atomic E-state index is 0.106. The van der Waals surface area contributed by atoms with Crippen molar-refractivity contribution in [3.05, 3.63) is 29.8 Å². The maximum absolute atomic E-state index is 11.6. The number of hydrogen-bond acceptors (Lipinski definition) is 4. The fourth-order valence-corrected chi connectivity index (χ4v) is 1.59. The van der Waals surface area contributed by atoms with E-state index in [1.54, 1.807) is 19.2 Å². The number of methoxy groups -OCH3 is 1. The topological polar surface area (TPSA) is 87.7 Å². The smallest absolute Gasteiger partial charge is 0.303 e. The highest BCUT2D eigenvalue weighted by Gasteiger charge is 2.03. The standard InChI is InChI=1S/C14H20N2O4/c1-20-9-8-15-10-13(17)16-12-5-2-11(3-6-12)4-7-14(18)19/h2-3,5-6,15H,4,7-10H2,1H3,(H,16,17)(H,18,19). The molecule has 1 amide bonds. The van der Waals surface area contributed by atoms with Crippen LogP contribution in [0.25, 0.3) is 0 Å². The summed E-state index contributed by atoms with van der Waals surface area (Å²) in [5.41, 5.74) is 1.63. The molecule has 0 aliphatic rings. The molecule has 0 unspecified atom stereocenters. The quantitative estimate of drug-likeness (QED) is 0.584. The van der Waals surface area contributed by atoms with E-state index in [-0.39, 0.29) is 18.9 Å². The second kappa shape index (κ2) is 9.06. The number of nitrogens with one attached hydrogen (secondary N) is 2. The lowest BCUT2D eigenvalue weighted by atomic mass is 10.1. The summed E-state index contributed by atoms with van der Waals surface area (Å²) in [6.45, 7) is 1.41. The average Bonchev–Trinajstić information content (AvgIpc) is 2.43. The van der Waals surface area contributed by atoms with Crippen LogP contribution >= 0.6 is 0 Å². The van der Waals surface area contributed by atoms with Gasteiger partial charge in [0.25, 0.3) is 0 Å². The van der Waals surface area contributed by atoms with E-state index in [9.17, 15) is 9.59 Å². The number of benzene rings is 1. The largest absolute Gasteiger partial charge is 0.481 e. The summed E-state index contributed by atoms with van der Waals surface area (Å²) in [4.78, 5) is 22.0. The van der Waals surface area contributed by atoms with E-state index in [2.05, 4.69) is 10.6 Å². The molecule has 0 heterocycles. The summed E-state index contributed by atoms with van der Waals surface area (Å²) in [5.74, 6) is -0.941. The molecule has 20 heavy (non-hydrogen) atoms. The highest BCUT2D eigenvalue weighted by Crippen LogP contribution is 2.10. The number of aliphatic carboxylic acids is 1. The third-order valence-electron chi connectivity index (χ3n) is 2.63. The van der Waals surface area contributed by atoms with Crippen molar-refractivity contribution in [2.45, 2.75) is 12.8 Å². The molecule has 1 rings (SSSR count). The second-order valence-corrected chi connectivity index (χ2v) is 4.31. The molecule has 6 heteroatoms. The van der Waals surface area contributed by atoms with E-state index < -0.39 is 5.97 Å². The summed E-state index contributed by atoms with van der Waals surface area (Å²) in [5, 5.41) is 14.3. The second-order valence-electron chi connectivity index (χ2n) is 4.31. The number of ether oxygens (including phenoxy) is 1. The molecular weight excluding hydrogens is 260 g/mol. The van der Waals surface area contributed by atoms with Crippen molar-refractivity contribution in [2.75, 3.05) is 32.1 Å². The van der Waals surface area contributed by atoms with Gasteiger partial charge in [-0.2, -0.15) is 0 Å². The first kappa shape index (κ1) is 16.1. The normalized spacial score (nSPS) is 10.2.